The number of carbonyl (C=O) groups is 1. The fourth-order valence-corrected chi connectivity index (χ4v) is 2.15. The van der Waals surface area contributed by atoms with Crippen molar-refractivity contribution in [2.75, 3.05) is 6.54 Å². The van der Waals surface area contributed by atoms with Gasteiger partial charge in [-0.25, -0.2) is 4.98 Å². The molecule has 5 nitrogen and oxygen atoms in total. The molecule has 0 aliphatic heterocycles. The predicted octanol–water partition coefficient (Wildman–Crippen LogP) is 2.37. The summed E-state index contributed by atoms with van der Waals surface area (Å²) in [4.78, 5) is 15.7. The molecule has 0 atom stereocenters. The summed E-state index contributed by atoms with van der Waals surface area (Å²) in [6.45, 7) is 5.38. The summed E-state index contributed by atoms with van der Waals surface area (Å²) in [5, 5.41) is 7.55. The summed E-state index contributed by atoms with van der Waals surface area (Å²) in [6, 6.07) is 5.23. The molecule has 0 fully saturated rings. The van der Waals surface area contributed by atoms with Gasteiger partial charge >= 0.3 is 0 Å². The van der Waals surface area contributed by atoms with Crippen LogP contribution in [0.2, 0.25) is 5.15 Å². The van der Waals surface area contributed by atoms with Gasteiger partial charge in [-0.3, -0.25) is 9.48 Å². The largest absolute Gasteiger partial charge is 0.352 e. The minimum absolute atomic E-state index is 0.136. The third-order valence-corrected chi connectivity index (χ3v) is 3.13. The van der Waals surface area contributed by atoms with Crippen LogP contribution in [-0.2, 0) is 6.54 Å². The molecule has 0 aliphatic rings. The number of aryl methyl sites for hydroxylation is 3. The van der Waals surface area contributed by atoms with Crippen molar-refractivity contribution in [3.63, 3.8) is 0 Å². The molecule has 0 spiro atoms. The molecule has 6 heteroatoms. The van der Waals surface area contributed by atoms with Gasteiger partial charge in [0.15, 0.2) is 0 Å². The Balaban J connectivity index is 1.79. The van der Waals surface area contributed by atoms with E-state index in [4.69, 9.17) is 11.6 Å². The second-order valence-electron chi connectivity index (χ2n) is 4.63. The van der Waals surface area contributed by atoms with Crippen molar-refractivity contribution in [1.82, 2.24) is 20.1 Å². The highest BCUT2D eigenvalue weighted by Crippen LogP contribution is 2.07. The zero-order chi connectivity index (χ0) is 14.5. The molecule has 0 aliphatic carbocycles. The van der Waals surface area contributed by atoms with Gasteiger partial charge in [-0.15, -0.1) is 0 Å². The Morgan fingerprint density at radius 3 is 2.85 bits per heavy atom. The lowest BCUT2D eigenvalue weighted by Crippen LogP contribution is -2.25. The van der Waals surface area contributed by atoms with Crippen LogP contribution in [0.5, 0.6) is 0 Å². The molecule has 20 heavy (non-hydrogen) atoms. The van der Waals surface area contributed by atoms with Crippen molar-refractivity contribution >= 4 is 17.5 Å². The van der Waals surface area contributed by atoms with E-state index in [0.717, 1.165) is 24.4 Å². The van der Waals surface area contributed by atoms with E-state index in [0.29, 0.717) is 17.3 Å². The van der Waals surface area contributed by atoms with Gasteiger partial charge in [0, 0.05) is 30.5 Å². The van der Waals surface area contributed by atoms with Gasteiger partial charge < -0.3 is 5.32 Å². The van der Waals surface area contributed by atoms with Crippen LogP contribution < -0.4 is 5.32 Å². The van der Waals surface area contributed by atoms with E-state index in [1.165, 1.54) is 6.20 Å². The van der Waals surface area contributed by atoms with Crippen LogP contribution in [0, 0.1) is 13.8 Å². The first-order valence-electron chi connectivity index (χ1n) is 6.47. The Hall–Kier alpha value is -1.88. The first-order chi connectivity index (χ1) is 9.56. The fourth-order valence-electron chi connectivity index (χ4n) is 1.98. The van der Waals surface area contributed by atoms with Gasteiger partial charge in [0.1, 0.15) is 5.15 Å². The lowest BCUT2D eigenvalue weighted by molar-refractivity contribution is 0.0952. The van der Waals surface area contributed by atoms with Gasteiger partial charge in [0.25, 0.3) is 5.91 Å². The zero-order valence-electron chi connectivity index (χ0n) is 11.6. The first-order valence-corrected chi connectivity index (χ1v) is 6.85. The molecule has 1 N–H and O–H groups in total. The van der Waals surface area contributed by atoms with Gasteiger partial charge in [-0.05, 0) is 38.5 Å². The smallest absolute Gasteiger partial charge is 0.251 e. The number of carbonyl (C=O) groups excluding carboxylic acids is 1. The number of hydrogen-bond donors (Lipinski definition) is 1. The van der Waals surface area contributed by atoms with E-state index < -0.39 is 0 Å². The maximum atomic E-state index is 11.9. The standard InChI is InChI=1S/C14H17ClN4O/c1-10-8-11(2)19(18-10)7-3-5-17-14(20)12-4-6-16-13(15)9-12/h4,6,8-9H,3,5,7H2,1-2H3,(H,17,20). The summed E-state index contributed by atoms with van der Waals surface area (Å²) in [6.07, 6.45) is 2.35. The van der Waals surface area contributed by atoms with Crippen LogP contribution in [0.4, 0.5) is 0 Å². The highest BCUT2D eigenvalue weighted by molar-refractivity contribution is 6.29. The van der Waals surface area contributed by atoms with Crippen LogP contribution in [0.15, 0.2) is 24.4 Å². The minimum Gasteiger partial charge on any atom is -0.352 e. The van der Waals surface area contributed by atoms with Gasteiger partial charge in [-0.2, -0.15) is 5.10 Å². The zero-order valence-corrected chi connectivity index (χ0v) is 12.3. The fraction of sp³-hybridized carbons (Fsp3) is 0.357. The molecule has 0 aromatic carbocycles. The molecule has 106 valence electrons. The summed E-state index contributed by atoms with van der Waals surface area (Å²) in [7, 11) is 0. The van der Waals surface area contributed by atoms with Crippen LogP contribution in [0.25, 0.3) is 0 Å². The van der Waals surface area contributed by atoms with Crippen molar-refractivity contribution < 1.29 is 4.79 Å². The number of amides is 1. The summed E-state index contributed by atoms with van der Waals surface area (Å²) in [5.74, 6) is -0.136. The maximum Gasteiger partial charge on any atom is 0.251 e. The molecule has 0 radical (unpaired) electrons. The monoisotopic (exact) mass is 292 g/mol. The Morgan fingerprint density at radius 1 is 1.40 bits per heavy atom. The predicted molar refractivity (Wildman–Crippen MR) is 77.9 cm³/mol. The third kappa shape index (κ3) is 3.81. The number of aromatic nitrogens is 3. The maximum absolute atomic E-state index is 11.9. The molecule has 2 heterocycles. The molecule has 0 saturated carbocycles. The van der Waals surface area contributed by atoms with E-state index in [9.17, 15) is 4.79 Å². The second-order valence-corrected chi connectivity index (χ2v) is 5.01. The molecular formula is C14H17ClN4O. The molecule has 2 aromatic heterocycles. The molecule has 2 rings (SSSR count). The lowest BCUT2D eigenvalue weighted by Gasteiger charge is -2.06. The van der Waals surface area contributed by atoms with Crippen molar-refractivity contribution in [3.05, 3.63) is 46.5 Å². The number of halogens is 1. The highest BCUT2D eigenvalue weighted by Gasteiger charge is 2.06. The van der Waals surface area contributed by atoms with Crippen LogP contribution >= 0.6 is 11.6 Å². The number of rotatable bonds is 5. The minimum atomic E-state index is -0.136. The number of nitrogens with one attached hydrogen (secondary N) is 1. The van der Waals surface area contributed by atoms with Gasteiger partial charge in [0.2, 0.25) is 0 Å². The topological polar surface area (TPSA) is 59.8 Å². The van der Waals surface area contributed by atoms with E-state index >= 15 is 0 Å². The highest BCUT2D eigenvalue weighted by atomic mass is 35.5. The van der Waals surface area contributed by atoms with Crippen molar-refractivity contribution in [3.8, 4) is 0 Å². The molecule has 2 aromatic rings. The summed E-state index contributed by atoms with van der Waals surface area (Å²) >= 11 is 5.75. The van der Waals surface area contributed by atoms with Gasteiger partial charge in [-0.1, -0.05) is 11.6 Å². The van der Waals surface area contributed by atoms with Gasteiger partial charge in [0.05, 0.1) is 5.69 Å². The average molecular weight is 293 g/mol. The number of nitrogens with zero attached hydrogens (tertiary/aromatic N) is 3. The number of pyridine rings is 1. The molecular weight excluding hydrogens is 276 g/mol. The van der Waals surface area contributed by atoms with E-state index in [1.807, 2.05) is 24.6 Å². The van der Waals surface area contributed by atoms with E-state index in [-0.39, 0.29) is 5.91 Å². The van der Waals surface area contributed by atoms with Crippen LogP contribution in [-0.4, -0.2) is 27.2 Å². The Bertz CT molecular complexity index is 609. The first kappa shape index (κ1) is 14.5. The van der Waals surface area contributed by atoms with Crippen molar-refractivity contribution in [2.45, 2.75) is 26.8 Å². The Morgan fingerprint density at radius 2 is 2.20 bits per heavy atom. The van der Waals surface area contributed by atoms with Crippen molar-refractivity contribution in [1.29, 1.82) is 0 Å². The Labute approximate surface area is 123 Å². The van der Waals surface area contributed by atoms with Crippen LogP contribution in [0.3, 0.4) is 0 Å². The molecule has 0 bridgehead atoms. The van der Waals surface area contributed by atoms with E-state index in [2.05, 4.69) is 15.4 Å². The summed E-state index contributed by atoms with van der Waals surface area (Å²) < 4.78 is 1.95. The molecule has 1 amide bonds. The normalized spacial score (nSPS) is 10.6. The van der Waals surface area contributed by atoms with E-state index in [1.54, 1.807) is 12.1 Å². The SMILES string of the molecule is Cc1cc(C)n(CCCNC(=O)c2ccnc(Cl)c2)n1. The van der Waals surface area contributed by atoms with Crippen molar-refractivity contribution in [2.24, 2.45) is 0 Å². The number of hydrogen-bond acceptors (Lipinski definition) is 3. The average Bonchev–Trinajstić information content (AvgIpc) is 2.73. The summed E-state index contributed by atoms with van der Waals surface area (Å²) in [5.41, 5.74) is 2.67. The molecule has 0 saturated heterocycles. The Kier molecular flexibility index (Phi) is 4.74. The lowest BCUT2D eigenvalue weighted by atomic mass is 10.2. The van der Waals surface area contributed by atoms with Crippen LogP contribution in [0.1, 0.15) is 28.2 Å². The molecule has 0 unspecified atom stereocenters. The second kappa shape index (κ2) is 6.52. The third-order valence-electron chi connectivity index (χ3n) is 2.92. The quantitative estimate of drug-likeness (QED) is 0.680.